The van der Waals surface area contributed by atoms with Gasteiger partial charge in [0.05, 0.1) is 18.6 Å². The summed E-state index contributed by atoms with van der Waals surface area (Å²) >= 11 is 0. The predicted octanol–water partition coefficient (Wildman–Crippen LogP) is 3.07. The molecule has 0 saturated carbocycles. The Morgan fingerprint density at radius 1 is 1.14 bits per heavy atom. The van der Waals surface area contributed by atoms with Gasteiger partial charge in [-0.15, -0.1) is 0 Å². The summed E-state index contributed by atoms with van der Waals surface area (Å²) in [6.45, 7) is 0.286. The predicted molar refractivity (Wildman–Crippen MR) is 104 cm³/mol. The van der Waals surface area contributed by atoms with E-state index >= 15 is 0 Å². The Labute approximate surface area is 160 Å². The maximum atomic E-state index is 12.7. The molecule has 0 atom stereocenters. The van der Waals surface area contributed by atoms with Crippen molar-refractivity contribution < 1.29 is 14.5 Å². The quantitative estimate of drug-likeness (QED) is 0.524. The van der Waals surface area contributed by atoms with Gasteiger partial charge >= 0.3 is 0 Å². The number of nitro groups is 1. The molecule has 0 radical (unpaired) electrons. The number of hydrogen-bond acceptors (Lipinski definition) is 5. The fourth-order valence-electron chi connectivity index (χ4n) is 2.67. The van der Waals surface area contributed by atoms with Crippen LogP contribution in [0.4, 0.5) is 11.4 Å². The molecule has 1 amide bonds. The molecule has 1 N–H and O–H groups in total. The number of amides is 1. The summed E-state index contributed by atoms with van der Waals surface area (Å²) in [5, 5.41) is 13.3. The number of nitrogens with zero attached hydrogens (tertiary/aromatic N) is 2. The summed E-state index contributed by atoms with van der Waals surface area (Å²) in [6.07, 6.45) is 1.60. The summed E-state index contributed by atoms with van der Waals surface area (Å²) in [6, 6.07) is 15.7. The van der Waals surface area contributed by atoms with Gasteiger partial charge in [0.25, 0.3) is 17.2 Å². The smallest absolute Gasteiger partial charge is 0.269 e. The van der Waals surface area contributed by atoms with Crippen LogP contribution in [0.3, 0.4) is 0 Å². The maximum absolute atomic E-state index is 12.7. The van der Waals surface area contributed by atoms with Gasteiger partial charge in [0.15, 0.2) is 0 Å². The molecule has 2 aromatic carbocycles. The highest BCUT2D eigenvalue weighted by atomic mass is 16.6. The lowest BCUT2D eigenvalue weighted by Crippen LogP contribution is -2.29. The molecule has 8 nitrogen and oxygen atoms in total. The van der Waals surface area contributed by atoms with Gasteiger partial charge in [-0.25, -0.2) is 0 Å². The standard InChI is InChI=1S/C20H17N3O5/c1-28-17-5-2-4-14(12-17)13-22-11-3-6-18(20(22)25)19(24)21-15-7-9-16(10-8-15)23(26)27/h2-12H,13H2,1H3,(H,21,24). The second kappa shape index (κ2) is 8.17. The van der Waals surface area contributed by atoms with Crippen LogP contribution in [0.2, 0.25) is 0 Å². The van der Waals surface area contributed by atoms with Gasteiger partial charge in [-0.05, 0) is 42.0 Å². The van der Waals surface area contributed by atoms with E-state index in [0.717, 1.165) is 5.56 Å². The van der Waals surface area contributed by atoms with Crippen LogP contribution in [-0.4, -0.2) is 22.5 Å². The molecule has 3 rings (SSSR count). The van der Waals surface area contributed by atoms with Crippen molar-refractivity contribution in [2.45, 2.75) is 6.54 Å². The van der Waals surface area contributed by atoms with Crippen LogP contribution < -0.4 is 15.6 Å². The Bertz CT molecular complexity index is 1070. The van der Waals surface area contributed by atoms with Gasteiger partial charge in [0, 0.05) is 24.0 Å². The number of anilines is 1. The third kappa shape index (κ3) is 4.24. The number of ether oxygens (including phenoxy) is 1. The van der Waals surface area contributed by atoms with Gasteiger partial charge in [-0.1, -0.05) is 12.1 Å². The highest BCUT2D eigenvalue weighted by Crippen LogP contribution is 2.16. The normalized spacial score (nSPS) is 10.3. The van der Waals surface area contributed by atoms with Crippen LogP contribution in [0.15, 0.2) is 71.7 Å². The van der Waals surface area contributed by atoms with Crippen molar-refractivity contribution >= 4 is 17.3 Å². The number of aromatic nitrogens is 1. The van der Waals surface area contributed by atoms with E-state index in [1.807, 2.05) is 18.2 Å². The summed E-state index contributed by atoms with van der Waals surface area (Å²) in [4.78, 5) is 35.3. The highest BCUT2D eigenvalue weighted by molar-refractivity contribution is 6.04. The van der Waals surface area contributed by atoms with E-state index in [1.165, 1.54) is 34.9 Å². The number of pyridine rings is 1. The van der Waals surface area contributed by atoms with E-state index in [1.54, 1.807) is 25.4 Å². The first-order valence-corrected chi connectivity index (χ1v) is 8.36. The molecule has 0 saturated heterocycles. The minimum absolute atomic E-state index is 0.0243. The maximum Gasteiger partial charge on any atom is 0.269 e. The average molecular weight is 379 g/mol. The number of nitrogens with one attached hydrogen (secondary N) is 1. The molecule has 0 aliphatic heterocycles. The molecule has 0 bridgehead atoms. The second-order valence-electron chi connectivity index (χ2n) is 5.96. The summed E-state index contributed by atoms with van der Waals surface area (Å²) < 4.78 is 6.61. The number of nitro benzene ring substituents is 1. The third-order valence-corrected chi connectivity index (χ3v) is 4.09. The molecule has 1 heterocycles. The van der Waals surface area contributed by atoms with Crippen molar-refractivity contribution in [1.82, 2.24) is 4.57 Å². The number of benzene rings is 2. The van der Waals surface area contributed by atoms with Crippen molar-refractivity contribution in [1.29, 1.82) is 0 Å². The molecule has 142 valence electrons. The van der Waals surface area contributed by atoms with E-state index < -0.39 is 16.4 Å². The third-order valence-electron chi connectivity index (χ3n) is 4.09. The minimum Gasteiger partial charge on any atom is -0.497 e. The van der Waals surface area contributed by atoms with Gasteiger partial charge in [-0.2, -0.15) is 0 Å². The molecule has 3 aromatic rings. The number of rotatable bonds is 6. The number of carbonyl (C=O) groups excluding carboxylic acids is 1. The number of non-ortho nitro benzene ring substituents is 1. The molecular weight excluding hydrogens is 362 g/mol. The topological polar surface area (TPSA) is 103 Å². The number of hydrogen-bond donors (Lipinski definition) is 1. The van der Waals surface area contributed by atoms with Gasteiger partial charge in [0.2, 0.25) is 0 Å². The fraction of sp³-hybridized carbons (Fsp3) is 0.100. The van der Waals surface area contributed by atoms with Crippen molar-refractivity contribution in [2.75, 3.05) is 12.4 Å². The molecule has 28 heavy (non-hydrogen) atoms. The summed E-state index contributed by atoms with van der Waals surface area (Å²) in [7, 11) is 1.56. The first-order chi connectivity index (χ1) is 13.5. The Morgan fingerprint density at radius 3 is 2.57 bits per heavy atom. The average Bonchev–Trinajstić information content (AvgIpc) is 2.70. The Hall–Kier alpha value is -3.94. The fourth-order valence-corrected chi connectivity index (χ4v) is 2.67. The summed E-state index contributed by atoms with van der Waals surface area (Å²) in [5.74, 6) is 0.0939. The molecule has 8 heteroatoms. The van der Waals surface area contributed by atoms with E-state index in [-0.39, 0.29) is 17.8 Å². The molecule has 1 aromatic heterocycles. The zero-order valence-electron chi connectivity index (χ0n) is 15.0. The van der Waals surface area contributed by atoms with E-state index in [9.17, 15) is 19.7 Å². The lowest BCUT2D eigenvalue weighted by Gasteiger charge is -2.10. The first-order valence-electron chi connectivity index (χ1n) is 8.36. The first kappa shape index (κ1) is 18.8. The SMILES string of the molecule is COc1cccc(Cn2cccc(C(=O)Nc3ccc([N+](=O)[O-])cc3)c2=O)c1. The van der Waals surface area contributed by atoms with Gasteiger partial charge in [0.1, 0.15) is 11.3 Å². The van der Waals surface area contributed by atoms with Crippen molar-refractivity contribution in [3.05, 3.63) is 98.5 Å². The molecule has 0 fully saturated rings. The minimum atomic E-state index is -0.584. The largest absolute Gasteiger partial charge is 0.497 e. The molecule has 0 aliphatic carbocycles. The van der Waals surface area contributed by atoms with Crippen LogP contribution in [0.5, 0.6) is 5.75 Å². The molecule has 0 aliphatic rings. The molecular formula is C20H17N3O5. The molecule has 0 unspecified atom stereocenters. The van der Waals surface area contributed by atoms with Gasteiger partial charge in [-0.3, -0.25) is 19.7 Å². The second-order valence-corrected chi connectivity index (χ2v) is 5.96. The Kier molecular flexibility index (Phi) is 5.50. The van der Waals surface area contributed by atoms with Crippen LogP contribution in [0.25, 0.3) is 0 Å². The van der Waals surface area contributed by atoms with Crippen molar-refractivity contribution in [2.24, 2.45) is 0 Å². The number of carbonyl (C=O) groups is 1. The van der Waals surface area contributed by atoms with E-state index in [4.69, 9.17) is 4.74 Å². The van der Waals surface area contributed by atoms with Crippen LogP contribution in [-0.2, 0) is 6.54 Å². The lowest BCUT2D eigenvalue weighted by molar-refractivity contribution is -0.384. The number of methoxy groups -OCH3 is 1. The zero-order valence-corrected chi connectivity index (χ0v) is 15.0. The van der Waals surface area contributed by atoms with Crippen LogP contribution in [0, 0.1) is 10.1 Å². The molecule has 0 spiro atoms. The van der Waals surface area contributed by atoms with Crippen LogP contribution in [0.1, 0.15) is 15.9 Å². The lowest BCUT2D eigenvalue weighted by atomic mass is 10.2. The van der Waals surface area contributed by atoms with E-state index in [0.29, 0.717) is 11.4 Å². The van der Waals surface area contributed by atoms with E-state index in [2.05, 4.69) is 5.32 Å². The summed E-state index contributed by atoms with van der Waals surface area (Å²) in [5.41, 5.74) is 0.666. The highest BCUT2D eigenvalue weighted by Gasteiger charge is 2.13. The van der Waals surface area contributed by atoms with Crippen molar-refractivity contribution in [3.8, 4) is 5.75 Å². The van der Waals surface area contributed by atoms with Crippen molar-refractivity contribution in [3.63, 3.8) is 0 Å². The monoisotopic (exact) mass is 379 g/mol. The van der Waals surface area contributed by atoms with Gasteiger partial charge < -0.3 is 14.6 Å². The zero-order chi connectivity index (χ0) is 20.1. The Balaban J connectivity index is 1.80. The van der Waals surface area contributed by atoms with Crippen LogP contribution >= 0.6 is 0 Å². The Morgan fingerprint density at radius 2 is 1.89 bits per heavy atom.